The van der Waals surface area contributed by atoms with Crippen molar-refractivity contribution in [2.75, 3.05) is 12.3 Å². The number of hydrogen-bond acceptors (Lipinski definition) is 3. The van der Waals surface area contributed by atoms with E-state index in [9.17, 15) is 8.42 Å². The highest BCUT2D eigenvalue weighted by molar-refractivity contribution is 7.85. The van der Waals surface area contributed by atoms with Crippen LogP contribution in [0.2, 0.25) is 0 Å². The van der Waals surface area contributed by atoms with Crippen LogP contribution in [-0.2, 0) is 16.5 Å². The molecule has 0 heterocycles. The molecule has 1 atom stereocenters. The first-order valence-electron chi connectivity index (χ1n) is 4.70. The zero-order chi connectivity index (χ0) is 11.3. The highest BCUT2D eigenvalue weighted by atomic mass is 32.2. The minimum Gasteiger partial charge on any atom is -0.330 e. The zero-order valence-corrected chi connectivity index (χ0v) is 9.15. The Bertz CT molecular complexity index is 388. The van der Waals surface area contributed by atoms with Gasteiger partial charge < -0.3 is 5.73 Å². The maximum absolute atomic E-state index is 10.7. The maximum atomic E-state index is 10.7. The van der Waals surface area contributed by atoms with Crippen molar-refractivity contribution in [2.24, 2.45) is 11.7 Å². The molecule has 4 nitrogen and oxygen atoms in total. The lowest BCUT2D eigenvalue weighted by Gasteiger charge is -2.12. The zero-order valence-electron chi connectivity index (χ0n) is 8.33. The fourth-order valence-corrected chi connectivity index (χ4v) is 2.31. The third kappa shape index (κ3) is 4.92. The molecule has 1 aromatic carbocycles. The average Bonchev–Trinajstić information content (AvgIpc) is 2.16. The summed E-state index contributed by atoms with van der Waals surface area (Å²) in [4.78, 5) is 0. The Morgan fingerprint density at radius 1 is 1.27 bits per heavy atom. The molecule has 0 spiro atoms. The summed E-state index contributed by atoms with van der Waals surface area (Å²) in [5.41, 5.74) is 6.48. The van der Waals surface area contributed by atoms with Crippen LogP contribution in [0.5, 0.6) is 0 Å². The second kappa shape index (κ2) is 5.25. The first-order chi connectivity index (χ1) is 7.01. The Hall–Kier alpha value is -0.910. The van der Waals surface area contributed by atoms with Crippen LogP contribution in [0.3, 0.4) is 0 Å². The summed E-state index contributed by atoms with van der Waals surface area (Å²) in [6, 6.07) is 9.48. The molecule has 0 aliphatic rings. The number of rotatable bonds is 5. The summed E-state index contributed by atoms with van der Waals surface area (Å²) >= 11 is 0. The quantitative estimate of drug-likeness (QED) is 0.728. The van der Waals surface area contributed by atoms with Crippen molar-refractivity contribution in [1.82, 2.24) is 0 Å². The Balaban J connectivity index is 2.63. The molecule has 1 unspecified atom stereocenters. The van der Waals surface area contributed by atoms with E-state index in [1.54, 1.807) is 0 Å². The molecule has 0 aliphatic heterocycles. The Morgan fingerprint density at radius 3 is 2.33 bits per heavy atom. The average molecular weight is 229 g/mol. The van der Waals surface area contributed by atoms with Gasteiger partial charge in [-0.15, -0.1) is 0 Å². The van der Waals surface area contributed by atoms with Crippen LogP contribution in [0.1, 0.15) is 5.56 Å². The van der Waals surface area contributed by atoms with E-state index in [-0.39, 0.29) is 18.2 Å². The van der Waals surface area contributed by atoms with Gasteiger partial charge in [0.2, 0.25) is 0 Å². The molecule has 0 bridgehead atoms. The predicted molar refractivity (Wildman–Crippen MR) is 59.1 cm³/mol. The monoisotopic (exact) mass is 229 g/mol. The molecular formula is C10H15NO3S. The molecule has 3 N–H and O–H groups in total. The number of hydrogen-bond donors (Lipinski definition) is 2. The van der Waals surface area contributed by atoms with E-state index in [4.69, 9.17) is 10.3 Å². The minimum absolute atomic E-state index is 0.234. The molecule has 0 aromatic heterocycles. The summed E-state index contributed by atoms with van der Waals surface area (Å²) in [5, 5.41) is 0. The van der Waals surface area contributed by atoms with Gasteiger partial charge in [-0.3, -0.25) is 4.55 Å². The van der Waals surface area contributed by atoms with E-state index in [1.165, 1.54) is 0 Å². The predicted octanol–water partition coefficient (Wildman–Crippen LogP) is 0.692. The second-order valence-corrected chi connectivity index (χ2v) is 5.04. The summed E-state index contributed by atoms with van der Waals surface area (Å²) in [6.07, 6.45) is 0.567. The van der Waals surface area contributed by atoms with Gasteiger partial charge in [-0.05, 0) is 24.4 Å². The van der Waals surface area contributed by atoms with Crippen LogP contribution < -0.4 is 5.73 Å². The lowest BCUT2D eigenvalue weighted by atomic mass is 10.0. The van der Waals surface area contributed by atoms with E-state index in [0.717, 1.165) is 5.56 Å². The topological polar surface area (TPSA) is 80.4 Å². The maximum Gasteiger partial charge on any atom is 0.265 e. The van der Waals surface area contributed by atoms with Gasteiger partial charge in [-0.25, -0.2) is 0 Å². The fourth-order valence-electron chi connectivity index (χ4n) is 1.46. The van der Waals surface area contributed by atoms with Crippen molar-refractivity contribution in [3.63, 3.8) is 0 Å². The van der Waals surface area contributed by atoms with E-state index in [2.05, 4.69) is 0 Å². The summed E-state index contributed by atoms with van der Waals surface area (Å²) < 4.78 is 30.1. The van der Waals surface area contributed by atoms with Crippen molar-refractivity contribution in [1.29, 1.82) is 0 Å². The van der Waals surface area contributed by atoms with E-state index in [0.29, 0.717) is 6.42 Å². The smallest absolute Gasteiger partial charge is 0.265 e. The van der Waals surface area contributed by atoms with Gasteiger partial charge >= 0.3 is 0 Å². The largest absolute Gasteiger partial charge is 0.330 e. The highest BCUT2D eigenvalue weighted by Gasteiger charge is 2.15. The van der Waals surface area contributed by atoms with Gasteiger partial charge in [0.05, 0.1) is 5.75 Å². The molecule has 5 heteroatoms. The Morgan fingerprint density at radius 2 is 1.87 bits per heavy atom. The van der Waals surface area contributed by atoms with E-state index in [1.807, 2.05) is 30.3 Å². The summed E-state index contributed by atoms with van der Waals surface area (Å²) in [7, 11) is -3.94. The second-order valence-electron chi connectivity index (χ2n) is 3.54. The third-order valence-electron chi connectivity index (χ3n) is 2.15. The molecule has 0 saturated carbocycles. The Kier molecular flexibility index (Phi) is 4.26. The van der Waals surface area contributed by atoms with Crippen LogP contribution in [0, 0.1) is 5.92 Å². The van der Waals surface area contributed by atoms with Crippen LogP contribution in [0.25, 0.3) is 0 Å². The standard InChI is InChI=1S/C10H15NO3S/c11-7-10(8-15(12,13)14)6-9-4-2-1-3-5-9/h1-5,10H,6-8,11H2,(H,12,13,14). The summed E-state index contributed by atoms with van der Waals surface area (Å²) in [5.74, 6) is -0.513. The van der Waals surface area contributed by atoms with Crippen molar-refractivity contribution in [2.45, 2.75) is 6.42 Å². The van der Waals surface area contributed by atoms with Gasteiger partial charge in [0.25, 0.3) is 10.1 Å². The van der Waals surface area contributed by atoms with Crippen molar-refractivity contribution in [3.05, 3.63) is 35.9 Å². The third-order valence-corrected chi connectivity index (χ3v) is 3.04. The Labute approximate surface area is 89.9 Å². The van der Waals surface area contributed by atoms with E-state index < -0.39 is 10.1 Å². The summed E-state index contributed by atoms with van der Waals surface area (Å²) in [6.45, 7) is 0.245. The molecular weight excluding hydrogens is 214 g/mol. The van der Waals surface area contributed by atoms with Gasteiger partial charge in [0, 0.05) is 0 Å². The molecule has 15 heavy (non-hydrogen) atoms. The molecule has 0 amide bonds. The molecule has 1 aromatic rings. The fraction of sp³-hybridized carbons (Fsp3) is 0.400. The van der Waals surface area contributed by atoms with Crippen LogP contribution >= 0.6 is 0 Å². The highest BCUT2D eigenvalue weighted by Crippen LogP contribution is 2.09. The minimum atomic E-state index is -3.94. The first-order valence-corrected chi connectivity index (χ1v) is 6.31. The van der Waals surface area contributed by atoms with Crippen LogP contribution in [0.15, 0.2) is 30.3 Å². The van der Waals surface area contributed by atoms with Gasteiger partial charge in [0.1, 0.15) is 0 Å². The van der Waals surface area contributed by atoms with Gasteiger partial charge in [-0.1, -0.05) is 30.3 Å². The van der Waals surface area contributed by atoms with Crippen LogP contribution in [-0.4, -0.2) is 25.3 Å². The molecule has 0 radical (unpaired) electrons. The number of nitrogens with two attached hydrogens (primary N) is 1. The van der Waals surface area contributed by atoms with Crippen molar-refractivity contribution >= 4 is 10.1 Å². The van der Waals surface area contributed by atoms with Crippen molar-refractivity contribution in [3.8, 4) is 0 Å². The van der Waals surface area contributed by atoms with E-state index >= 15 is 0 Å². The lowest BCUT2D eigenvalue weighted by molar-refractivity contribution is 0.463. The molecule has 0 aliphatic carbocycles. The van der Waals surface area contributed by atoms with Gasteiger partial charge in [-0.2, -0.15) is 8.42 Å². The molecule has 0 saturated heterocycles. The van der Waals surface area contributed by atoms with Gasteiger partial charge in [0.15, 0.2) is 0 Å². The first kappa shape index (κ1) is 12.2. The normalized spacial score (nSPS) is 13.7. The number of benzene rings is 1. The van der Waals surface area contributed by atoms with Crippen molar-refractivity contribution < 1.29 is 13.0 Å². The lowest BCUT2D eigenvalue weighted by Crippen LogP contribution is -2.25. The molecule has 1 rings (SSSR count). The van der Waals surface area contributed by atoms with Crippen LogP contribution in [0.4, 0.5) is 0 Å². The molecule has 0 fully saturated rings. The molecule has 84 valence electrons. The SMILES string of the molecule is NCC(Cc1ccccc1)CS(=O)(=O)O.